The molecule has 1 aromatic carbocycles. The molecule has 3 heteroatoms. The number of hydrogen-bond acceptors (Lipinski definition) is 2. The Hall–Kier alpha value is -0.580. The number of benzene rings is 1. The minimum Gasteiger partial charge on any atom is -0.466 e. The molecule has 0 saturated carbocycles. The van der Waals surface area contributed by atoms with Crippen LogP contribution in [-0.4, -0.2) is 12.6 Å². The first-order valence-corrected chi connectivity index (χ1v) is 6.12. The van der Waals surface area contributed by atoms with E-state index < -0.39 is 0 Å². The van der Waals surface area contributed by atoms with Crippen molar-refractivity contribution in [2.75, 3.05) is 6.61 Å². The highest BCUT2D eigenvalue weighted by Gasteiger charge is 2.05. The predicted molar refractivity (Wildman–Crippen MR) is 68.9 cm³/mol. The second-order valence-corrected chi connectivity index (χ2v) is 4.56. The van der Waals surface area contributed by atoms with E-state index in [1.54, 1.807) is 0 Å². The van der Waals surface area contributed by atoms with Gasteiger partial charge >= 0.3 is 5.97 Å². The number of ether oxygens (including phenoxy) is 1. The van der Waals surface area contributed by atoms with Gasteiger partial charge in [-0.2, -0.15) is 0 Å². The second kappa shape index (κ2) is 6.10. The number of rotatable bonds is 4. The Morgan fingerprint density at radius 2 is 2.20 bits per heavy atom. The van der Waals surface area contributed by atoms with E-state index >= 15 is 0 Å². The van der Waals surface area contributed by atoms with E-state index in [-0.39, 0.29) is 5.97 Å². The van der Waals surface area contributed by atoms with Gasteiger partial charge in [0.25, 0.3) is 0 Å². The summed E-state index contributed by atoms with van der Waals surface area (Å²) >= 11 is 2.30. The summed E-state index contributed by atoms with van der Waals surface area (Å²) in [6.07, 6.45) is 1.23. The van der Waals surface area contributed by atoms with Crippen molar-refractivity contribution in [1.29, 1.82) is 0 Å². The third-order valence-electron chi connectivity index (χ3n) is 2.11. The van der Waals surface area contributed by atoms with Gasteiger partial charge < -0.3 is 4.74 Å². The Morgan fingerprint density at radius 3 is 2.80 bits per heavy atom. The van der Waals surface area contributed by atoms with Crippen LogP contribution in [0.3, 0.4) is 0 Å². The largest absolute Gasteiger partial charge is 0.466 e. The first kappa shape index (κ1) is 12.5. The SMILES string of the molecule is CCOC(=O)CCc1ccc(C)cc1I. The summed E-state index contributed by atoms with van der Waals surface area (Å²) in [5.41, 5.74) is 2.47. The standard InChI is InChI=1S/C12H15IO2/c1-3-15-12(14)7-6-10-5-4-9(2)8-11(10)13/h4-5,8H,3,6-7H2,1-2H3. The number of halogens is 1. The fourth-order valence-corrected chi connectivity index (χ4v) is 2.27. The lowest BCUT2D eigenvalue weighted by atomic mass is 10.1. The molecule has 0 unspecified atom stereocenters. The zero-order chi connectivity index (χ0) is 11.3. The maximum Gasteiger partial charge on any atom is 0.306 e. The Morgan fingerprint density at radius 1 is 1.47 bits per heavy atom. The Bertz CT molecular complexity index is 347. The summed E-state index contributed by atoms with van der Waals surface area (Å²) in [7, 11) is 0. The van der Waals surface area contributed by atoms with Crippen molar-refractivity contribution in [1.82, 2.24) is 0 Å². The van der Waals surface area contributed by atoms with Crippen LogP contribution >= 0.6 is 22.6 Å². The number of carbonyl (C=O) groups is 1. The molecule has 0 spiro atoms. The van der Waals surface area contributed by atoms with E-state index in [1.807, 2.05) is 6.92 Å². The highest BCUT2D eigenvalue weighted by atomic mass is 127. The van der Waals surface area contributed by atoms with Crippen molar-refractivity contribution in [3.05, 3.63) is 32.9 Å². The smallest absolute Gasteiger partial charge is 0.306 e. The molecule has 2 nitrogen and oxygen atoms in total. The van der Waals surface area contributed by atoms with E-state index in [4.69, 9.17) is 4.74 Å². The third kappa shape index (κ3) is 4.20. The number of carbonyl (C=O) groups excluding carboxylic acids is 1. The van der Waals surface area contributed by atoms with Crippen LogP contribution in [0.4, 0.5) is 0 Å². The van der Waals surface area contributed by atoms with Gasteiger partial charge in [-0.25, -0.2) is 0 Å². The van der Waals surface area contributed by atoms with Crippen LogP contribution in [0.1, 0.15) is 24.5 Å². The zero-order valence-electron chi connectivity index (χ0n) is 9.05. The molecule has 0 amide bonds. The van der Waals surface area contributed by atoms with Crippen LogP contribution < -0.4 is 0 Å². The van der Waals surface area contributed by atoms with Crippen molar-refractivity contribution < 1.29 is 9.53 Å². The lowest BCUT2D eigenvalue weighted by Crippen LogP contribution is -2.05. The van der Waals surface area contributed by atoms with Gasteiger partial charge in [0.15, 0.2) is 0 Å². The van der Waals surface area contributed by atoms with Crippen LogP contribution in [0.25, 0.3) is 0 Å². The van der Waals surface area contributed by atoms with Gasteiger partial charge in [-0.05, 0) is 54.5 Å². The molecule has 15 heavy (non-hydrogen) atoms. The minimum absolute atomic E-state index is 0.117. The number of aryl methyl sites for hydroxylation is 2. The van der Waals surface area contributed by atoms with Crippen molar-refractivity contribution >= 4 is 28.6 Å². The summed E-state index contributed by atoms with van der Waals surface area (Å²) in [4.78, 5) is 11.2. The quantitative estimate of drug-likeness (QED) is 0.630. The average Bonchev–Trinajstić information content (AvgIpc) is 2.17. The molecular weight excluding hydrogens is 303 g/mol. The van der Waals surface area contributed by atoms with E-state index in [1.165, 1.54) is 14.7 Å². The van der Waals surface area contributed by atoms with Crippen LogP contribution in [-0.2, 0) is 16.0 Å². The minimum atomic E-state index is -0.117. The second-order valence-electron chi connectivity index (χ2n) is 3.40. The summed E-state index contributed by atoms with van der Waals surface area (Å²) in [5, 5.41) is 0. The summed E-state index contributed by atoms with van der Waals surface area (Å²) < 4.78 is 6.11. The van der Waals surface area contributed by atoms with Crippen LogP contribution in [0.5, 0.6) is 0 Å². The summed E-state index contributed by atoms with van der Waals surface area (Å²) in [5.74, 6) is -0.117. The lowest BCUT2D eigenvalue weighted by Gasteiger charge is -2.05. The molecule has 0 saturated heterocycles. The van der Waals surface area contributed by atoms with Crippen molar-refractivity contribution in [2.24, 2.45) is 0 Å². The van der Waals surface area contributed by atoms with Crippen LogP contribution in [0.2, 0.25) is 0 Å². The fraction of sp³-hybridized carbons (Fsp3) is 0.417. The highest BCUT2D eigenvalue weighted by Crippen LogP contribution is 2.16. The molecule has 0 atom stereocenters. The molecule has 0 heterocycles. The fourth-order valence-electron chi connectivity index (χ4n) is 1.32. The summed E-state index contributed by atoms with van der Waals surface area (Å²) in [6, 6.07) is 6.28. The van der Waals surface area contributed by atoms with E-state index in [0.717, 1.165) is 6.42 Å². The first-order valence-electron chi connectivity index (χ1n) is 5.04. The topological polar surface area (TPSA) is 26.3 Å². The van der Waals surface area contributed by atoms with Crippen LogP contribution in [0.15, 0.2) is 18.2 Å². The molecule has 0 aliphatic rings. The maximum atomic E-state index is 11.2. The van der Waals surface area contributed by atoms with Gasteiger partial charge in [-0.15, -0.1) is 0 Å². The normalized spacial score (nSPS) is 10.1. The van der Waals surface area contributed by atoms with Crippen molar-refractivity contribution in [2.45, 2.75) is 26.7 Å². The van der Waals surface area contributed by atoms with Gasteiger partial charge in [0.1, 0.15) is 0 Å². The highest BCUT2D eigenvalue weighted by molar-refractivity contribution is 14.1. The molecular formula is C12H15IO2. The maximum absolute atomic E-state index is 11.2. The third-order valence-corrected chi connectivity index (χ3v) is 3.12. The molecule has 1 aromatic rings. The Balaban J connectivity index is 2.54. The van der Waals surface area contributed by atoms with E-state index in [0.29, 0.717) is 13.0 Å². The van der Waals surface area contributed by atoms with Gasteiger partial charge in [0, 0.05) is 9.99 Å². The molecule has 82 valence electrons. The Kier molecular flexibility index (Phi) is 5.08. The molecule has 0 aliphatic heterocycles. The molecule has 0 radical (unpaired) electrons. The van der Waals surface area contributed by atoms with Crippen molar-refractivity contribution in [3.8, 4) is 0 Å². The molecule has 0 N–H and O–H groups in total. The average molecular weight is 318 g/mol. The number of esters is 1. The lowest BCUT2D eigenvalue weighted by molar-refractivity contribution is -0.143. The zero-order valence-corrected chi connectivity index (χ0v) is 11.2. The van der Waals surface area contributed by atoms with E-state index in [2.05, 4.69) is 47.7 Å². The molecule has 0 bridgehead atoms. The van der Waals surface area contributed by atoms with Gasteiger partial charge in [0.2, 0.25) is 0 Å². The molecule has 0 fully saturated rings. The van der Waals surface area contributed by atoms with Gasteiger partial charge in [-0.3, -0.25) is 4.79 Å². The molecule has 0 aromatic heterocycles. The first-order chi connectivity index (χ1) is 7.13. The molecule has 0 aliphatic carbocycles. The van der Waals surface area contributed by atoms with Gasteiger partial charge in [-0.1, -0.05) is 17.7 Å². The summed E-state index contributed by atoms with van der Waals surface area (Å²) in [6.45, 7) is 4.36. The molecule has 1 rings (SSSR count). The predicted octanol–water partition coefficient (Wildman–Crippen LogP) is 3.10. The Labute approximate surface area is 104 Å². The monoisotopic (exact) mass is 318 g/mol. The number of hydrogen-bond donors (Lipinski definition) is 0. The van der Waals surface area contributed by atoms with E-state index in [9.17, 15) is 4.79 Å². The van der Waals surface area contributed by atoms with Crippen LogP contribution in [0, 0.1) is 10.5 Å². The van der Waals surface area contributed by atoms with Crippen molar-refractivity contribution in [3.63, 3.8) is 0 Å². The van der Waals surface area contributed by atoms with Gasteiger partial charge in [0.05, 0.1) is 6.61 Å².